The Morgan fingerprint density at radius 1 is 1.05 bits per heavy atom. The van der Waals surface area contributed by atoms with Gasteiger partial charge in [-0.3, -0.25) is 0 Å². The van der Waals surface area contributed by atoms with Crippen LogP contribution in [0.5, 0.6) is 11.5 Å². The first-order valence-electron chi connectivity index (χ1n) is 6.53. The van der Waals surface area contributed by atoms with Crippen LogP contribution in [-0.2, 0) is 9.53 Å². The maximum Gasteiger partial charge on any atom is 0.363 e. The number of hydrogen-bond acceptors (Lipinski definition) is 4. The van der Waals surface area contributed by atoms with Crippen LogP contribution < -0.4 is 4.74 Å². The maximum absolute atomic E-state index is 11.5. The first kappa shape index (κ1) is 13.1. The number of para-hydroxylation sites is 1. The third-order valence-corrected chi connectivity index (χ3v) is 2.87. The van der Waals surface area contributed by atoms with E-state index >= 15 is 0 Å². The summed E-state index contributed by atoms with van der Waals surface area (Å²) < 4.78 is 10.6. The van der Waals surface area contributed by atoms with Crippen LogP contribution in [0.1, 0.15) is 12.5 Å². The highest BCUT2D eigenvalue weighted by Gasteiger charge is 2.19. The largest absolute Gasteiger partial charge is 0.457 e. The van der Waals surface area contributed by atoms with Crippen molar-refractivity contribution in [3.05, 3.63) is 65.9 Å². The molecule has 0 aromatic heterocycles. The molecule has 0 N–H and O–H groups in total. The van der Waals surface area contributed by atoms with E-state index < -0.39 is 5.97 Å². The summed E-state index contributed by atoms with van der Waals surface area (Å²) in [5.74, 6) is 1.39. The summed E-state index contributed by atoms with van der Waals surface area (Å²) in [5, 5.41) is 0. The zero-order valence-corrected chi connectivity index (χ0v) is 11.4. The molecule has 4 heteroatoms. The summed E-state index contributed by atoms with van der Waals surface area (Å²) in [7, 11) is 0. The first-order chi connectivity index (χ1) is 10.2. The van der Waals surface area contributed by atoms with Crippen molar-refractivity contribution in [2.24, 2.45) is 4.99 Å². The minimum absolute atomic E-state index is 0.296. The average molecular weight is 279 g/mol. The molecule has 3 rings (SSSR count). The van der Waals surface area contributed by atoms with Crippen LogP contribution in [0.2, 0.25) is 0 Å². The maximum atomic E-state index is 11.5. The van der Waals surface area contributed by atoms with Gasteiger partial charge < -0.3 is 9.47 Å². The molecule has 104 valence electrons. The summed E-state index contributed by atoms with van der Waals surface area (Å²) in [6.07, 6.45) is 1.68. The van der Waals surface area contributed by atoms with Gasteiger partial charge in [0, 0.05) is 6.92 Å². The molecule has 0 fully saturated rings. The summed E-state index contributed by atoms with van der Waals surface area (Å²) in [4.78, 5) is 15.6. The van der Waals surface area contributed by atoms with E-state index in [0.717, 1.165) is 11.3 Å². The average Bonchev–Trinajstić information content (AvgIpc) is 2.78. The lowest BCUT2D eigenvalue weighted by Gasteiger charge is -2.05. The number of ether oxygens (including phenoxy) is 2. The Morgan fingerprint density at radius 2 is 1.81 bits per heavy atom. The van der Waals surface area contributed by atoms with Crippen LogP contribution in [0.15, 0.2) is 65.3 Å². The number of rotatable bonds is 3. The second-order valence-corrected chi connectivity index (χ2v) is 4.54. The van der Waals surface area contributed by atoms with Gasteiger partial charge in [-0.05, 0) is 35.9 Å². The zero-order chi connectivity index (χ0) is 14.7. The predicted molar refractivity (Wildman–Crippen MR) is 80.1 cm³/mol. The molecular weight excluding hydrogens is 266 g/mol. The quantitative estimate of drug-likeness (QED) is 0.634. The monoisotopic (exact) mass is 279 g/mol. The summed E-state index contributed by atoms with van der Waals surface area (Å²) in [6, 6.07) is 17.0. The highest BCUT2D eigenvalue weighted by atomic mass is 16.6. The van der Waals surface area contributed by atoms with E-state index in [1.54, 1.807) is 13.0 Å². The molecule has 2 aromatic carbocycles. The summed E-state index contributed by atoms with van der Waals surface area (Å²) in [5.41, 5.74) is 1.12. The Labute approximate surface area is 122 Å². The van der Waals surface area contributed by atoms with Crippen molar-refractivity contribution in [1.29, 1.82) is 0 Å². The Bertz CT molecular complexity index is 733. The van der Waals surface area contributed by atoms with Gasteiger partial charge in [0.05, 0.1) is 0 Å². The fraction of sp³-hybridized carbons (Fsp3) is 0.0588. The van der Waals surface area contributed by atoms with E-state index in [1.165, 1.54) is 0 Å². The number of benzene rings is 2. The van der Waals surface area contributed by atoms with Gasteiger partial charge in [-0.1, -0.05) is 30.3 Å². The molecule has 0 unspecified atom stereocenters. The van der Waals surface area contributed by atoms with Crippen LogP contribution in [-0.4, -0.2) is 11.9 Å². The molecule has 0 aliphatic carbocycles. The molecule has 1 aliphatic rings. The van der Waals surface area contributed by atoms with Crippen molar-refractivity contribution < 1.29 is 14.3 Å². The summed E-state index contributed by atoms with van der Waals surface area (Å²) >= 11 is 0. The molecule has 0 bridgehead atoms. The SMILES string of the molecule is CC1=NC(=Cc2cccc(Oc3ccccc3)c2)C(=O)O1. The van der Waals surface area contributed by atoms with Crippen molar-refractivity contribution in [1.82, 2.24) is 0 Å². The lowest BCUT2D eigenvalue weighted by molar-refractivity contribution is -0.130. The van der Waals surface area contributed by atoms with E-state index in [4.69, 9.17) is 9.47 Å². The van der Waals surface area contributed by atoms with E-state index in [0.29, 0.717) is 17.3 Å². The Hall–Kier alpha value is -2.88. The van der Waals surface area contributed by atoms with E-state index in [9.17, 15) is 4.79 Å². The van der Waals surface area contributed by atoms with Crippen LogP contribution in [0, 0.1) is 0 Å². The van der Waals surface area contributed by atoms with Gasteiger partial charge in [-0.25, -0.2) is 9.79 Å². The zero-order valence-electron chi connectivity index (χ0n) is 11.4. The lowest BCUT2D eigenvalue weighted by Crippen LogP contribution is -1.99. The molecule has 0 spiro atoms. The van der Waals surface area contributed by atoms with Crippen molar-refractivity contribution in [2.45, 2.75) is 6.92 Å². The molecule has 4 nitrogen and oxygen atoms in total. The molecule has 1 aliphatic heterocycles. The third-order valence-electron chi connectivity index (χ3n) is 2.87. The number of carbonyl (C=O) groups excluding carboxylic acids is 1. The second kappa shape index (κ2) is 5.63. The van der Waals surface area contributed by atoms with E-state index in [2.05, 4.69) is 4.99 Å². The second-order valence-electron chi connectivity index (χ2n) is 4.54. The number of hydrogen-bond donors (Lipinski definition) is 0. The smallest absolute Gasteiger partial charge is 0.363 e. The molecule has 0 amide bonds. The van der Waals surface area contributed by atoms with Crippen LogP contribution in [0.4, 0.5) is 0 Å². The number of nitrogens with zero attached hydrogens (tertiary/aromatic N) is 1. The van der Waals surface area contributed by atoms with Crippen molar-refractivity contribution in [2.75, 3.05) is 0 Å². The Kier molecular flexibility index (Phi) is 3.51. The molecule has 0 atom stereocenters. The van der Waals surface area contributed by atoms with E-state index in [1.807, 2.05) is 54.6 Å². The summed E-state index contributed by atoms with van der Waals surface area (Å²) in [6.45, 7) is 1.65. The topological polar surface area (TPSA) is 47.9 Å². The van der Waals surface area contributed by atoms with Crippen LogP contribution >= 0.6 is 0 Å². The third kappa shape index (κ3) is 3.17. The molecule has 0 radical (unpaired) electrons. The number of aliphatic imine (C=N–C) groups is 1. The molecule has 2 aromatic rings. The Balaban J connectivity index is 1.84. The van der Waals surface area contributed by atoms with Gasteiger partial charge in [0.1, 0.15) is 11.5 Å². The van der Waals surface area contributed by atoms with Gasteiger partial charge >= 0.3 is 5.97 Å². The highest BCUT2D eigenvalue weighted by Crippen LogP contribution is 2.23. The fourth-order valence-corrected chi connectivity index (χ4v) is 1.97. The van der Waals surface area contributed by atoms with Gasteiger partial charge in [-0.2, -0.15) is 0 Å². The number of esters is 1. The van der Waals surface area contributed by atoms with Crippen LogP contribution in [0.25, 0.3) is 6.08 Å². The Morgan fingerprint density at radius 3 is 2.52 bits per heavy atom. The van der Waals surface area contributed by atoms with Crippen molar-refractivity contribution in [3.63, 3.8) is 0 Å². The lowest BCUT2D eigenvalue weighted by atomic mass is 10.2. The first-order valence-corrected chi connectivity index (χ1v) is 6.53. The molecule has 21 heavy (non-hydrogen) atoms. The standard InChI is InChI=1S/C17H13NO3/c1-12-18-16(17(19)20-12)11-13-6-5-9-15(10-13)21-14-7-3-2-4-8-14/h2-11H,1H3. The fourth-order valence-electron chi connectivity index (χ4n) is 1.97. The van der Waals surface area contributed by atoms with Gasteiger partial charge in [0.25, 0.3) is 0 Å². The molecule has 0 saturated carbocycles. The van der Waals surface area contributed by atoms with E-state index in [-0.39, 0.29) is 0 Å². The molecule has 0 saturated heterocycles. The van der Waals surface area contributed by atoms with Gasteiger partial charge in [0.2, 0.25) is 0 Å². The van der Waals surface area contributed by atoms with Crippen molar-refractivity contribution >= 4 is 17.9 Å². The normalized spacial score (nSPS) is 15.8. The molecule has 1 heterocycles. The van der Waals surface area contributed by atoms with Crippen molar-refractivity contribution in [3.8, 4) is 11.5 Å². The highest BCUT2D eigenvalue weighted by molar-refractivity contribution is 6.06. The minimum atomic E-state index is -0.429. The minimum Gasteiger partial charge on any atom is -0.457 e. The van der Waals surface area contributed by atoms with Gasteiger partial charge in [0.15, 0.2) is 11.6 Å². The van der Waals surface area contributed by atoms with Gasteiger partial charge in [-0.15, -0.1) is 0 Å². The number of carbonyl (C=O) groups is 1. The number of cyclic esters (lactones) is 1. The predicted octanol–water partition coefficient (Wildman–Crippen LogP) is 3.80. The molecular formula is C17H13NO3. The van der Waals surface area contributed by atoms with Crippen LogP contribution in [0.3, 0.4) is 0 Å².